The predicted octanol–water partition coefficient (Wildman–Crippen LogP) is 2.69. The van der Waals surface area contributed by atoms with Gasteiger partial charge in [0.2, 0.25) is 0 Å². The van der Waals surface area contributed by atoms with Crippen molar-refractivity contribution in [3.05, 3.63) is 0 Å². The summed E-state index contributed by atoms with van der Waals surface area (Å²) in [6, 6.07) is 0. The molecule has 126 valence electrons. The summed E-state index contributed by atoms with van der Waals surface area (Å²) in [7, 11) is 0. The Hall–Kier alpha value is -0.850. The Morgan fingerprint density at radius 2 is 1.74 bits per heavy atom. The lowest BCUT2D eigenvalue weighted by molar-refractivity contribution is -0.168. The number of hydrogen-bond donors (Lipinski definition) is 2. The van der Waals surface area contributed by atoms with E-state index in [0.29, 0.717) is 37.0 Å². The molecule has 4 fully saturated rings. The molecule has 0 amide bonds. The number of aliphatic hydroxyl groups is 2. The van der Waals surface area contributed by atoms with Gasteiger partial charge in [0.05, 0.1) is 5.60 Å². The first kappa shape index (κ1) is 15.7. The largest absolute Gasteiger partial charge is 0.389 e. The lowest BCUT2D eigenvalue weighted by Crippen LogP contribution is -2.58. The molecule has 0 radical (unpaired) electrons. The summed E-state index contributed by atoms with van der Waals surface area (Å²) in [5, 5.41) is 22.0. The zero-order valence-corrected chi connectivity index (χ0v) is 14.1. The minimum Gasteiger partial charge on any atom is -0.389 e. The summed E-state index contributed by atoms with van der Waals surface area (Å²) in [5.41, 5.74) is -1.90. The molecule has 3 heteroatoms. The van der Waals surface area contributed by atoms with E-state index in [0.717, 1.165) is 38.5 Å². The molecule has 0 spiro atoms. The number of rotatable bonds is 0. The molecule has 4 rings (SSSR count). The summed E-state index contributed by atoms with van der Waals surface area (Å²) in [4.78, 5) is 11.8. The number of terminal acetylenes is 1. The van der Waals surface area contributed by atoms with Gasteiger partial charge in [-0.15, -0.1) is 6.42 Å². The molecule has 3 nitrogen and oxygen atoms in total. The number of Topliss-reactive ketones (excluding diaryl/α,β-unsaturated/α-hetero) is 1. The van der Waals surface area contributed by atoms with Gasteiger partial charge in [-0.3, -0.25) is 4.79 Å². The summed E-state index contributed by atoms with van der Waals surface area (Å²) < 4.78 is 0. The SMILES string of the molecule is C#C[C@@]1(O)CC[C@H]2[C@@H]3CC[C@]4(O)CC(=O)CC[C@@H]4[C@H]3CC[C@@]21C. The van der Waals surface area contributed by atoms with Crippen LogP contribution in [0, 0.1) is 41.4 Å². The van der Waals surface area contributed by atoms with E-state index in [2.05, 4.69) is 12.8 Å². The average molecular weight is 316 g/mol. The molecule has 0 unspecified atom stereocenters. The standard InChI is InChI=1S/C20H28O3/c1-3-20(23)11-8-16-14-7-10-19(22)12-13(21)4-5-17(19)15(14)6-9-18(16,20)2/h1,14-17,22-23H,4-12H2,2H3/t14-,15+,16+,17-,18+,19+,20-/m1/s1. The molecular formula is C20H28O3. The fourth-order valence-electron chi connectivity index (χ4n) is 6.93. The number of ketones is 1. The number of hydrogen-bond acceptors (Lipinski definition) is 3. The molecule has 2 N–H and O–H groups in total. The van der Waals surface area contributed by atoms with Gasteiger partial charge < -0.3 is 10.2 Å². The quantitative estimate of drug-likeness (QED) is 0.676. The Morgan fingerprint density at radius 3 is 2.48 bits per heavy atom. The van der Waals surface area contributed by atoms with E-state index in [1.54, 1.807) is 0 Å². The Kier molecular flexibility index (Phi) is 3.29. The van der Waals surface area contributed by atoms with E-state index in [-0.39, 0.29) is 17.1 Å². The first-order valence-electron chi connectivity index (χ1n) is 9.27. The Bertz CT molecular complexity index is 578. The van der Waals surface area contributed by atoms with Crippen molar-refractivity contribution < 1.29 is 15.0 Å². The smallest absolute Gasteiger partial charge is 0.135 e. The Morgan fingerprint density at radius 1 is 1.04 bits per heavy atom. The Labute approximate surface area is 138 Å². The molecule has 4 aliphatic carbocycles. The second-order valence-corrected chi connectivity index (χ2v) is 8.94. The zero-order valence-electron chi connectivity index (χ0n) is 14.1. The summed E-state index contributed by atoms with van der Waals surface area (Å²) in [6.07, 6.45) is 12.9. The maximum absolute atomic E-state index is 11.8. The van der Waals surface area contributed by atoms with E-state index in [1.165, 1.54) is 0 Å². The fraction of sp³-hybridized carbons (Fsp3) is 0.850. The summed E-state index contributed by atoms with van der Waals surface area (Å²) >= 11 is 0. The molecule has 4 saturated carbocycles. The van der Waals surface area contributed by atoms with Gasteiger partial charge in [0, 0.05) is 18.3 Å². The third-order valence-corrected chi connectivity index (χ3v) is 8.24. The van der Waals surface area contributed by atoms with Gasteiger partial charge in [-0.2, -0.15) is 0 Å². The summed E-state index contributed by atoms with van der Waals surface area (Å²) in [5.74, 6) is 4.71. The second kappa shape index (κ2) is 4.83. The van der Waals surface area contributed by atoms with Crippen LogP contribution in [0.3, 0.4) is 0 Å². The normalized spacial score (nSPS) is 55.5. The van der Waals surface area contributed by atoms with Crippen molar-refractivity contribution in [2.24, 2.45) is 29.1 Å². The molecule has 4 aliphatic rings. The van der Waals surface area contributed by atoms with Crippen LogP contribution in [0.4, 0.5) is 0 Å². The van der Waals surface area contributed by atoms with Crippen molar-refractivity contribution in [3.63, 3.8) is 0 Å². The molecule has 0 aromatic heterocycles. The third kappa shape index (κ3) is 1.94. The number of carbonyl (C=O) groups excluding carboxylic acids is 1. The minimum absolute atomic E-state index is 0.178. The molecule has 23 heavy (non-hydrogen) atoms. The lowest BCUT2D eigenvalue weighted by atomic mass is 9.48. The van der Waals surface area contributed by atoms with Gasteiger partial charge in [0.15, 0.2) is 0 Å². The van der Waals surface area contributed by atoms with E-state index in [4.69, 9.17) is 6.42 Å². The first-order chi connectivity index (χ1) is 10.8. The lowest BCUT2D eigenvalue weighted by Gasteiger charge is -2.58. The summed E-state index contributed by atoms with van der Waals surface area (Å²) in [6.45, 7) is 2.19. The second-order valence-electron chi connectivity index (χ2n) is 8.94. The fourth-order valence-corrected chi connectivity index (χ4v) is 6.93. The van der Waals surface area contributed by atoms with Crippen LogP contribution in [0.2, 0.25) is 0 Å². The molecule has 0 bridgehead atoms. The first-order valence-corrected chi connectivity index (χ1v) is 9.27. The monoisotopic (exact) mass is 316 g/mol. The average Bonchev–Trinajstić information content (AvgIpc) is 2.78. The molecular weight excluding hydrogens is 288 g/mol. The zero-order chi connectivity index (χ0) is 16.5. The maximum atomic E-state index is 11.8. The highest BCUT2D eigenvalue weighted by molar-refractivity contribution is 5.80. The van der Waals surface area contributed by atoms with E-state index in [1.807, 2.05) is 0 Å². The third-order valence-electron chi connectivity index (χ3n) is 8.24. The van der Waals surface area contributed by atoms with E-state index < -0.39 is 11.2 Å². The van der Waals surface area contributed by atoms with Crippen LogP contribution in [0.5, 0.6) is 0 Å². The van der Waals surface area contributed by atoms with Crippen molar-refractivity contribution in [1.29, 1.82) is 0 Å². The number of carbonyl (C=O) groups is 1. The minimum atomic E-state index is -0.959. The van der Waals surface area contributed by atoms with Gasteiger partial charge in [-0.05, 0) is 68.6 Å². The van der Waals surface area contributed by atoms with Crippen LogP contribution >= 0.6 is 0 Å². The molecule has 7 atom stereocenters. The van der Waals surface area contributed by atoms with Crippen molar-refractivity contribution in [2.75, 3.05) is 0 Å². The van der Waals surface area contributed by atoms with Gasteiger partial charge in [0.1, 0.15) is 11.4 Å². The topological polar surface area (TPSA) is 57.5 Å². The molecule has 0 saturated heterocycles. The Balaban J connectivity index is 1.64. The van der Waals surface area contributed by atoms with Gasteiger partial charge >= 0.3 is 0 Å². The van der Waals surface area contributed by atoms with Crippen LogP contribution in [-0.2, 0) is 4.79 Å². The van der Waals surface area contributed by atoms with Crippen molar-refractivity contribution >= 4 is 5.78 Å². The molecule has 0 aromatic rings. The van der Waals surface area contributed by atoms with Crippen LogP contribution in [0.15, 0.2) is 0 Å². The van der Waals surface area contributed by atoms with Crippen LogP contribution < -0.4 is 0 Å². The highest BCUT2D eigenvalue weighted by atomic mass is 16.3. The van der Waals surface area contributed by atoms with Gasteiger partial charge in [0.25, 0.3) is 0 Å². The van der Waals surface area contributed by atoms with Crippen molar-refractivity contribution in [1.82, 2.24) is 0 Å². The predicted molar refractivity (Wildman–Crippen MR) is 87.4 cm³/mol. The van der Waals surface area contributed by atoms with E-state index in [9.17, 15) is 15.0 Å². The van der Waals surface area contributed by atoms with Gasteiger partial charge in [-0.25, -0.2) is 0 Å². The highest BCUT2D eigenvalue weighted by Crippen LogP contribution is 2.65. The van der Waals surface area contributed by atoms with Crippen LogP contribution in [0.25, 0.3) is 0 Å². The van der Waals surface area contributed by atoms with Crippen molar-refractivity contribution in [2.45, 2.75) is 75.9 Å². The van der Waals surface area contributed by atoms with E-state index >= 15 is 0 Å². The van der Waals surface area contributed by atoms with Gasteiger partial charge in [-0.1, -0.05) is 12.8 Å². The van der Waals surface area contributed by atoms with Crippen LogP contribution in [-0.4, -0.2) is 27.2 Å². The molecule has 0 heterocycles. The van der Waals surface area contributed by atoms with Crippen molar-refractivity contribution in [3.8, 4) is 12.3 Å². The van der Waals surface area contributed by atoms with Crippen LogP contribution in [0.1, 0.15) is 64.7 Å². The number of fused-ring (bicyclic) bond motifs is 5. The maximum Gasteiger partial charge on any atom is 0.135 e. The highest BCUT2D eigenvalue weighted by Gasteiger charge is 2.64. The molecule has 0 aliphatic heterocycles. The molecule has 0 aromatic carbocycles.